The van der Waals surface area contributed by atoms with Crippen molar-refractivity contribution in [2.24, 2.45) is 0 Å². The van der Waals surface area contributed by atoms with E-state index in [0.717, 1.165) is 25.0 Å². The van der Waals surface area contributed by atoms with Crippen molar-refractivity contribution in [2.75, 3.05) is 0 Å². The van der Waals surface area contributed by atoms with E-state index in [0.29, 0.717) is 6.42 Å². The molecule has 1 N–H and O–H groups in total. The van der Waals surface area contributed by atoms with Crippen LogP contribution in [-0.2, 0) is 22.4 Å². The molecule has 0 bridgehead atoms. The molecular formula is C18H24O4. The largest absolute Gasteiger partial charge is 0.487 e. The van der Waals surface area contributed by atoms with Gasteiger partial charge in [-0.1, -0.05) is 12.1 Å². The van der Waals surface area contributed by atoms with Gasteiger partial charge >= 0.3 is 5.97 Å². The van der Waals surface area contributed by atoms with Gasteiger partial charge in [0.05, 0.1) is 12.5 Å². The van der Waals surface area contributed by atoms with E-state index in [1.165, 1.54) is 16.7 Å². The number of cyclic esters (lactones) is 1. The highest BCUT2D eigenvalue weighted by Gasteiger charge is 2.33. The molecule has 4 heteroatoms. The van der Waals surface area contributed by atoms with Crippen molar-refractivity contribution in [1.29, 1.82) is 0 Å². The van der Waals surface area contributed by atoms with Gasteiger partial charge in [0, 0.05) is 18.4 Å². The van der Waals surface area contributed by atoms with Gasteiger partial charge in [0.1, 0.15) is 17.5 Å². The summed E-state index contributed by atoms with van der Waals surface area (Å²) < 4.78 is 11.5. The number of aliphatic hydroxyl groups is 1. The van der Waals surface area contributed by atoms with Gasteiger partial charge in [-0.2, -0.15) is 0 Å². The Morgan fingerprint density at radius 2 is 2.14 bits per heavy atom. The maximum atomic E-state index is 11.4. The second-order valence-corrected chi connectivity index (χ2v) is 7.13. The fourth-order valence-corrected chi connectivity index (χ4v) is 3.41. The number of fused-ring (bicyclic) bond motifs is 1. The molecule has 1 saturated heterocycles. The minimum absolute atomic E-state index is 0.119. The summed E-state index contributed by atoms with van der Waals surface area (Å²) in [5.41, 5.74) is 3.57. The van der Waals surface area contributed by atoms with Crippen LogP contribution in [-0.4, -0.2) is 28.9 Å². The van der Waals surface area contributed by atoms with Crippen molar-refractivity contribution < 1.29 is 19.4 Å². The molecule has 1 fully saturated rings. The van der Waals surface area contributed by atoms with E-state index in [1.54, 1.807) is 0 Å². The monoisotopic (exact) mass is 304 g/mol. The Morgan fingerprint density at radius 3 is 2.86 bits per heavy atom. The van der Waals surface area contributed by atoms with E-state index >= 15 is 0 Å². The molecule has 2 atom stereocenters. The van der Waals surface area contributed by atoms with Crippen molar-refractivity contribution >= 4 is 5.97 Å². The third-order valence-corrected chi connectivity index (χ3v) is 4.53. The Balaban J connectivity index is 1.72. The zero-order chi connectivity index (χ0) is 15.9. The van der Waals surface area contributed by atoms with Crippen LogP contribution in [0.1, 0.15) is 49.8 Å². The van der Waals surface area contributed by atoms with E-state index in [9.17, 15) is 9.90 Å². The number of esters is 1. The quantitative estimate of drug-likeness (QED) is 0.872. The highest BCUT2D eigenvalue weighted by Crippen LogP contribution is 2.40. The van der Waals surface area contributed by atoms with Gasteiger partial charge in [-0.25, -0.2) is 0 Å². The molecular weight excluding hydrogens is 280 g/mol. The third-order valence-electron chi connectivity index (χ3n) is 4.53. The Bertz CT molecular complexity index is 591. The van der Waals surface area contributed by atoms with Crippen LogP contribution in [0.25, 0.3) is 0 Å². The Labute approximate surface area is 131 Å². The standard InChI is InChI=1S/C18H24O4/c1-11-4-5-12(17-15(11)10-18(2,3)22-17)6-7-14-8-13(19)9-16(20)21-14/h4-5,13-14,19H,6-10H2,1-3H3. The molecule has 0 amide bonds. The van der Waals surface area contributed by atoms with Gasteiger partial charge < -0.3 is 14.6 Å². The average Bonchev–Trinajstić information content (AvgIpc) is 2.73. The lowest BCUT2D eigenvalue weighted by Gasteiger charge is -2.26. The smallest absolute Gasteiger partial charge is 0.308 e. The lowest BCUT2D eigenvalue weighted by Crippen LogP contribution is -2.32. The van der Waals surface area contributed by atoms with Gasteiger partial charge in [-0.3, -0.25) is 4.79 Å². The molecule has 3 rings (SSSR count). The summed E-state index contributed by atoms with van der Waals surface area (Å²) in [4.78, 5) is 11.4. The number of ether oxygens (including phenoxy) is 2. The summed E-state index contributed by atoms with van der Waals surface area (Å²) in [6.07, 6.45) is 2.34. The number of carbonyl (C=O) groups is 1. The van der Waals surface area contributed by atoms with Crippen LogP contribution in [0.15, 0.2) is 12.1 Å². The van der Waals surface area contributed by atoms with Crippen molar-refractivity contribution in [3.63, 3.8) is 0 Å². The zero-order valence-corrected chi connectivity index (χ0v) is 13.5. The average molecular weight is 304 g/mol. The van der Waals surface area contributed by atoms with Crippen molar-refractivity contribution in [2.45, 2.75) is 70.7 Å². The molecule has 0 saturated carbocycles. The van der Waals surface area contributed by atoms with Crippen molar-refractivity contribution in [3.05, 3.63) is 28.8 Å². The maximum Gasteiger partial charge on any atom is 0.308 e. The van der Waals surface area contributed by atoms with E-state index in [-0.39, 0.29) is 24.1 Å². The lowest BCUT2D eigenvalue weighted by atomic mass is 9.94. The fraction of sp³-hybridized carbons (Fsp3) is 0.611. The molecule has 2 aliphatic rings. The predicted molar refractivity (Wildman–Crippen MR) is 83.0 cm³/mol. The molecule has 0 aromatic heterocycles. The number of hydrogen-bond acceptors (Lipinski definition) is 4. The summed E-state index contributed by atoms with van der Waals surface area (Å²) in [5, 5.41) is 9.68. The minimum Gasteiger partial charge on any atom is -0.487 e. The van der Waals surface area contributed by atoms with Crippen LogP contribution in [0.2, 0.25) is 0 Å². The summed E-state index contributed by atoms with van der Waals surface area (Å²) in [6, 6.07) is 4.25. The van der Waals surface area contributed by atoms with Gasteiger partial charge in [0.15, 0.2) is 0 Å². The van der Waals surface area contributed by atoms with Crippen LogP contribution >= 0.6 is 0 Å². The predicted octanol–water partition coefficient (Wildman–Crippen LogP) is 2.71. The summed E-state index contributed by atoms with van der Waals surface area (Å²) >= 11 is 0. The van der Waals surface area contributed by atoms with Crippen LogP contribution in [0, 0.1) is 6.92 Å². The molecule has 0 radical (unpaired) electrons. The number of carbonyl (C=O) groups excluding carboxylic acids is 1. The summed E-state index contributed by atoms with van der Waals surface area (Å²) in [6.45, 7) is 6.33. The third kappa shape index (κ3) is 3.12. The SMILES string of the molecule is Cc1ccc(CCC2CC(O)CC(=O)O2)c2c1CC(C)(C)O2. The second-order valence-electron chi connectivity index (χ2n) is 7.13. The fourth-order valence-electron chi connectivity index (χ4n) is 3.41. The first-order chi connectivity index (χ1) is 10.3. The number of aliphatic hydroxyl groups excluding tert-OH is 1. The molecule has 2 unspecified atom stereocenters. The topological polar surface area (TPSA) is 55.8 Å². The number of rotatable bonds is 3. The highest BCUT2D eigenvalue weighted by molar-refractivity contribution is 5.70. The molecule has 120 valence electrons. The molecule has 0 aliphatic carbocycles. The highest BCUT2D eigenvalue weighted by atomic mass is 16.5. The zero-order valence-electron chi connectivity index (χ0n) is 13.5. The van der Waals surface area contributed by atoms with Gasteiger partial charge in [0.25, 0.3) is 0 Å². The van der Waals surface area contributed by atoms with E-state index in [4.69, 9.17) is 9.47 Å². The maximum absolute atomic E-state index is 11.4. The second kappa shape index (κ2) is 5.58. The van der Waals surface area contributed by atoms with Gasteiger partial charge in [-0.15, -0.1) is 0 Å². The van der Waals surface area contributed by atoms with E-state index < -0.39 is 6.10 Å². The first-order valence-electron chi connectivity index (χ1n) is 8.02. The number of aryl methyl sites for hydroxylation is 2. The van der Waals surface area contributed by atoms with Crippen LogP contribution in [0.3, 0.4) is 0 Å². The molecule has 1 aromatic rings. The molecule has 4 nitrogen and oxygen atoms in total. The number of hydrogen-bond donors (Lipinski definition) is 1. The van der Waals surface area contributed by atoms with Crippen molar-refractivity contribution in [3.8, 4) is 5.75 Å². The van der Waals surface area contributed by atoms with E-state index in [2.05, 4.69) is 32.9 Å². The Morgan fingerprint density at radius 1 is 1.36 bits per heavy atom. The molecule has 22 heavy (non-hydrogen) atoms. The minimum atomic E-state index is -0.565. The molecule has 0 spiro atoms. The molecule has 2 heterocycles. The van der Waals surface area contributed by atoms with Gasteiger partial charge in [-0.05, 0) is 44.7 Å². The van der Waals surface area contributed by atoms with Gasteiger partial charge in [0.2, 0.25) is 0 Å². The Hall–Kier alpha value is -1.55. The summed E-state index contributed by atoms with van der Waals surface area (Å²) in [5.74, 6) is 0.711. The van der Waals surface area contributed by atoms with Crippen molar-refractivity contribution in [1.82, 2.24) is 0 Å². The summed E-state index contributed by atoms with van der Waals surface area (Å²) in [7, 11) is 0. The van der Waals surface area contributed by atoms with E-state index in [1.807, 2.05) is 0 Å². The van der Waals surface area contributed by atoms with Crippen LogP contribution < -0.4 is 4.74 Å². The lowest BCUT2D eigenvalue weighted by molar-refractivity contribution is -0.160. The normalized spacial score (nSPS) is 26.3. The number of benzene rings is 1. The first kappa shape index (κ1) is 15.3. The Kier molecular flexibility index (Phi) is 3.89. The molecule has 2 aliphatic heterocycles. The first-order valence-corrected chi connectivity index (χ1v) is 8.02. The molecule has 1 aromatic carbocycles. The van der Waals surface area contributed by atoms with Crippen LogP contribution in [0.4, 0.5) is 0 Å². The van der Waals surface area contributed by atoms with Crippen LogP contribution in [0.5, 0.6) is 5.75 Å².